The second kappa shape index (κ2) is 45.5. The Balaban J connectivity index is 4.16. The second-order valence-electron chi connectivity index (χ2n) is 17.8. The van der Waals surface area contributed by atoms with Gasteiger partial charge in [0.15, 0.2) is 0 Å². The molecule has 0 aliphatic carbocycles. The highest BCUT2D eigenvalue weighted by molar-refractivity contribution is 7.45. The molecule has 0 rings (SSSR count). The molecular weight excluding hydrogens is 794 g/mol. The summed E-state index contributed by atoms with van der Waals surface area (Å²) < 4.78 is 34.7. The van der Waals surface area contributed by atoms with E-state index in [0.29, 0.717) is 24.1 Å². The molecular formula is C53H96NO7P. The first-order valence-electron chi connectivity index (χ1n) is 25.2. The summed E-state index contributed by atoms with van der Waals surface area (Å²) in [5, 5.41) is 0. The van der Waals surface area contributed by atoms with Crippen molar-refractivity contribution in [3.63, 3.8) is 0 Å². The Morgan fingerprint density at radius 3 is 1.40 bits per heavy atom. The minimum absolute atomic E-state index is 0.0197. The van der Waals surface area contributed by atoms with Crippen LogP contribution in [0.25, 0.3) is 0 Å². The highest BCUT2D eigenvalue weighted by atomic mass is 31.2. The van der Waals surface area contributed by atoms with Crippen molar-refractivity contribution in [3.8, 4) is 0 Å². The third-order valence-electron chi connectivity index (χ3n) is 10.5. The molecule has 62 heavy (non-hydrogen) atoms. The van der Waals surface area contributed by atoms with Crippen LogP contribution >= 0.6 is 7.82 Å². The van der Waals surface area contributed by atoms with Gasteiger partial charge < -0.3 is 27.9 Å². The van der Waals surface area contributed by atoms with Crippen molar-refractivity contribution >= 4 is 13.8 Å². The van der Waals surface area contributed by atoms with Gasteiger partial charge in [-0.25, -0.2) is 0 Å². The average molecular weight is 890 g/mol. The third-order valence-corrected chi connectivity index (χ3v) is 11.5. The van der Waals surface area contributed by atoms with E-state index in [0.717, 1.165) is 83.5 Å². The number of phosphoric ester groups is 1. The Labute approximate surface area is 383 Å². The largest absolute Gasteiger partial charge is 0.756 e. The molecule has 360 valence electrons. The van der Waals surface area contributed by atoms with Crippen LogP contribution in [0.15, 0.2) is 72.9 Å². The summed E-state index contributed by atoms with van der Waals surface area (Å²) in [4.78, 5) is 25.1. The number of esters is 1. The molecule has 0 aliphatic rings. The van der Waals surface area contributed by atoms with Gasteiger partial charge in [0.1, 0.15) is 19.3 Å². The lowest BCUT2D eigenvalue weighted by Crippen LogP contribution is -2.37. The molecule has 0 bridgehead atoms. The van der Waals surface area contributed by atoms with Gasteiger partial charge in [0.25, 0.3) is 7.82 Å². The van der Waals surface area contributed by atoms with Gasteiger partial charge in [0.05, 0.1) is 34.4 Å². The topological polar surface area (TPSA) is 94.1 Å². The maximum Gasteiger partial charge on any atom is 0.306 e. The molecule has 2 atom stereocenters. The summed E-state index contributed by atoms with van der Waals surface area (Å²) in [6, 6.07) is 0. The minimum atomic E-state index is -4.54. The maximum absolute atomic E-state index is 12.7. The number of allylic oxidation sites excluding steroid dienone is 12. The van der Waals surface area contributed by atoms with Crippen LogP contribution in [0.3, 0.4) is 0 Å². The van der Waals surface area contributed by atoms with E-state index in [-0.39, 0.29) is 25.8 Å². The van der Waals surface area contributed by atoms with E-state index in [1.165, 1.54) is 96.3 Å². The van der Waals surface area contributed by atoms with Gasteiger partial charge in [-0.3, -0.25) is 9.36 Å². The number of hydrogen-bond acceptors (Lipinski definition) is 7. The zero-order valence-corrected chi connectivity index (χ0v) is 41.7. The first kappa shape index (κ1) is 59.9. The Morgan fingerprint density at radius 2 is 0.935 bits per heavy atom. The summed E-state index contributed by atoms with van der Waals surface area (Å²) in [6.07, 6.45) is 59.2. The molecule has 0 aromatic heterocycles. The predicted molar refractivity (Wildman–Crippen MR) is 263 cm³/mol. The molecule has 0 aromatic rings. The smallest absolute Gasteiger partial charge is 0.306 e. The number of rotatable bonds is 46. The maximum atomic E-state index is 12.7. The Bertz CT molecular complexity index is 1220. The molecule has 0 aliphatic heterocycles. The van der Waals surface area contributed by atoms with Crippen LogP contribution in [0.4, 0.5) is 0 Å². The fourth-order valence-corrected chi connectivity index (χ4v) is 7.35. The predicted octanol–water partition coefficient (Wildman–Crippen LogP) is 14.8. The van der Waals surface area contributed by atoms with Gasteiger partial charge in [-0.15, -0.1) is 0 Å². The van der Waals surface area contributed by atoms with Crippen LogP contribution in [0.2, 0.25) is 0 Å². The van der Waals surface area contributed by atoms with Crippen molar-refractivity contribution in [2.45, 2.75) is 206 Å². The van der Waals surface area contributed by atoms with E-state index in [2.05, 4.69) is 86.8 Å². The molecule has 0 saturated heterocycles. The zero-order valence-electron chi connectivity index (χ0n) is 40.8. The van der Waals surface area contributed by atoms with Gasteiger partial charge in [0.2, 0.25) is 0 Å². The van der Waals surface area contributed by atoms with Crippen molar-refractivity contribution in [2.75, 3.05) is 54.1 Å². The van der Waals surface area contributed by atoms with E-state index in [4.69, 9.17) is 18.5 Å². The molecule has 0 N–H and O–H groups in total. The average Bonchev–Trinajstić information content (AvgIpc) is 3.23. The molecule has 8 nitrogen and oxygen atoms in total. The molecule has 0 radical (unpaired) electrons. The highest BCUT2D eigenvalue weighted by Crippen LogP contribution is 2.38. The Morgan fingerprint density at radius 1 is 0.516 bits per heavy atom. The SMILES string of the molecule is CC/C=C\C/C=C\C/C=C\C/C=C\CCCCCCCCCCCCCOCC(COP(=O)([O-])OCC[N+](C)(C)C)OC(=O)CCCCCCC/C=C\C/C=C\CCCCCC. The van der Waals surface area contributed by atoms with Gasteiger partial charge >= 0.3 is 5.97 Å². The molecule has 2 unspecified atom stereocenters. The first-order chi connectivity index (χ1) is 30.1. The van der Waals surface area contributed by atoms with E-state index in [9.17, 15) is 14.3 Å². The number of ether oxygens (including phenoxy) is 2. The number of unbranched alkanes of at least 4 members (excludes halogenated alkanes) is 20. The lowest BCUT2D eigenvalue weighted by Gasteiger charge is -2.28. The van der Waals surface area contributed by atoms with Gasteiger partial charge in [-0.2, -0.15) is 0 Å². The van der Waals surface area contributed by atoms with Crippen LogP contribution in [-0.2, 0) is 27.9 Å². The van der Waals surface area contributed by atoms with Crippen molar-refractivity contribution in [1.29, 1.82) is 0 Å². The zero-order chi connectivity index (χ0) is 45.5. The molecule has 0 spiro atoms. The quantitative estimate of drug-likeness (QED) is 0.0197. The van der Waals surface area contributed by atoms with Crippen LogP contribution < -0.4 is 4.89 Å². The van der Waals surface area contributed by atoms with Crippen LogP contribution in [0, 0.1) is 0 Å². The lowest BCUT2D eigenvalue weighted by atomic mass is 10.1. The van der Waals surface area contributed by atoms with Gasteiger partial charge in [-0.05, 0) is 83.5 Å². The standard InChI is InChI=1S/C53H96NO7P/c1-6-8-10-12-14-16-18-20-22-24-25-26-27-28-29-30-31-33-35-37-39-41-43-45-48-58-50-52(51-60-62(56,57)59-49-47-54(3,4)5)61-53(55)46-44-42-40-38-36-34-32-23-21-19-17-15-13-11-9-7-2/h8,10,14,16-17,19-20,22-23,25-26,32,52H,6-7,9,11-13,15,18,21,24,27-31,33-51H2,1-5H3/b10-8-,16-14-,19-17-,22-20-,26-25-,32-23-. The second-order valence-corrected chi connectivity index (χ2v) is 19.2. The number of carbonyl (C=O) groups is 1. The molecule has 9 heteroatoms. The summed E-state index contributed by atoms with van der Waals surface area (Å²) in [5.41, 5.74) is 0. The summed E-state index contributed by atoms with van der Waals surface area (Å²) in [6.45, 7) is 5.26. The van der Waals surface area contributed by atoms with E-state index < -0.39 is 13.9 Å². The fourth-order valence-electron chi connectivity index (χ4n) is 6.63. The third kappa shape index (κ3) is 49.0. The molecule has 0 amide bonds. The first-order valence-corrected chi connectivity index (χ1v) is 26.6. The summed E-state index contributed by atoms with van der Waals surface area (Å²) in [5.74, 6) is -0.350. The normalized spacial score (nSPS) is 14.2. The van der Waals surface area contributed by atoms with E-state index in [1.54, 1.807) is 0 Å². The number of likely N-dealkylation sites (N-methyl/N-ethyl adjacent to an activating group) is 1. The number of carbonyl (C=O) groups excluding carboxylic acids is 1. The lowest BCUT2D eigenvalue weighted by molar-refractivity contribution is -0.870. The van der Waals surface area contributed by atoms with E-state index >= 15 is 0 Å². The molecule has 0 aromatic carbocycles. The van der Waals surface area contributed by atoms with Crippen LogP contribution in [0.5, 0.6) is 0 Å². The minimum Gasteiger partial charge on any atom is -0.756 e. The van der Waals surface area contributed by atoms with Gasteiger partial charge in [-0.1, -0.05) is 183 Å². The number of phosphoric acid groups is 1. The van der Waals surface area contributed by atoms with E-state index in [1.807, 2.05) is 21.1 Å². The van der Waals surface area contributed by atoms with Crippen LogP contribution in [-0.4, -0.2) is 70.7 Å². The monoisotopic (exact) mass is 890 g/mol. The van der Waals surface area contributed by atoms with Crippen molar-refractivity contribution in [1.82, 2.24) is 0 Å². The Hall–Kier alpha value is -2.06. The summed E-state index contributed by atoms with van der Waals surface area (Å²) in [7, 11) is 1.34. The van der Waals surface area contributed by atoms with Crippen molar-refractivity contribution < 1.29 is 37.3 Å². The number of nitrogens with zero attached hydrogens (tertiary/aromatic N) is 1. The number of quaternary nitrogens is 1. The molecule has 0 saturated carbocycles. The fraction of sp³-hybridized carbons (Fsp3) is 0.755. The van der Waals surface area contributed by atoms with Crippen molar-refractivity contribution in [3.05, 3.63) is 72.9 Å². The van der Waals surface area contributed by atoms with Gasteiger partial charge in [0, 0.05) is 13.0 Å². The number of hydrogen-bond donors (Lipinski definition) is 0. The highest BCUT2D eigenvalue weighted by Gasteiger charge is 2.20. The molecule has 0 heterocycles. The van der Waals surface area contributed by atoms with Crippen molar-refractivity contribution in [2.24, 2.45) is 0 Å². The van der Waals surface area contributed by atoms with Crippen LogP contribution in [0.1, 0.15) is 200 Å². The summed E-state index contributed by atoms with van der Waals surface area (Å²) >= 11 is 0. The Kier molecular flexibility index (Phi) is 44.0. The molecule has 0 fully saturated rings.